The molecule has 1 aromatic heterocycles. The molecule has 1 aromatic carbocycles. The van der Waals surface area contributed by atoms with E-state index in [0.29, 0.717) is 28.0 Å². The van der Waals surface area contributed by atoms with E-state index in [1.807, 2.05) is 17.5 Å². The SMILES string of the molecule is CC(C)c1csc(NC(=O)c2cccc(CC(N)=S)c2)n1. The van der Waals surface area contributed by atoms with E-state index < -0.39 is 0 Å². The van der Waals surface area contributed by atoms with E-state index in [0.717, 1.165) is 11.3 Å². The molecule has 0 bridgehead atoms. The topological polar surface area (TPSA) is 68.0 Å². The van der Waals surface area contributed by atoms with Gasteiger partial charge in [-0.05, 0) is 23.6 Å². The monoisotopic (exact) mass is 319 g/mol. The minimum Gasteiger partial charge on any atom is -0.393 e. The summed E-state index contributed by atoms with van der Waals surface area (Å²) in [6.45, 7) is 4.14. The molecule has 0 aliphatic carbocycles. The molecule has 0 unspecified atom stereocenters. The van der Waals surface area contributed by atoms with Gasteiger partial charge in [0.05, 0.1) is 10.7 Å². The van der Waals surface area contributed by atoms with Crippen LogP contribution in [0.2, 0.25) is 0 Å². The summed E-state index contributed by atoms with van der Waals surface area (Å²) in [5.74, 6) is 0.172. The quantitative estimate of drug-likeness (QED) is 0.829. The van der Waals surface area contributed by atoms with Crippen LogP contribution in [-0.2, 0) is 6.42 Å². The highest BCUT2D eigenvalue weighted by Gasteiger charge is 2.11. The number of carbonyl (C=O) groups is 1. The first kappa shape index (κ1) is 15.6. The summed E-state index contributed by atoms with van der Waals surface area (Å²) in [7, 11) is 0. The van der Waals surface area contributed by atoms with Gasteiger partial charge >= 0.3 is 0 Å². The van der Waals surface area contributed by atoms with Gasteiger partial charge in [-0.3, -0.25) is 10.1 Å². The predicted octanol–water partition coefficient (Wildman–Crippen LogP) is 3.35. The summed E-state index contributed by atoms with van der Waals surface area (Å²) in [5, 5.41) is 5.39. The van der Waals surface area contributed by atoms with Crippen molar-refractivity contribution in [2.75, 3.05) is 5.32 Å². The average molecular weight is 319 g/mol. The van der Waals surface area contributed by atoms with Crippen molar-refractivity contribution in [3.63, 3.8) is 0 Å². The molecule has 6 heteroatoms. The van der Waals surface area contributed by atoms with Crippen LogP contribution in [0.15, 0.2) is 29.6 Å². The van der Waals surface area contributed by atoms with Gasteiger partial charge in [-0.2, -0.15) is 0 Å². The van der Waals surface area contributed by atoms with Gasteiger partial charge in [0.1, 0.15) is 0 Å². The Bertz CT molecular complexity index is 664. The van der Waals surface area contributed by atoms with Gasteiger partial charge in [0.15, 0.2) is 5.13 Å². The second-order valence-electron chi connectivity index (χ2n) is 5.03. The van der Waals surface area contributed by atoms with Crippen molar-refractivity contribution in [2.45, 2.75) is 26.2 Å². The maximum atomic E-state index is 12.2. The first-order chi connectivity index (χ1) is 9.95. The van der Waals surface area contributed by atoms with Crippen molar-refractivity contribution in [2.24, 2.45) is 5.73 Å². The number of thiocarbonyl (C=S) groups is 1. The number of thiazole rings is 1. The number of benzene rings is 1. The number of amides is 1. The van der Waals surface area contributed by atoms with Crippen LogP contribution in [0.4, 0.5) is 5.13 Å². The van der Waals surface area contributed by atoms with Crippen LogP contribution < -0.4 is 11.1 Å². The van der Waals surface area contributed by atoms with Gasteiger partial charge < -0.3 is 5.73 Å². The van der Waals surface area contributed by atoms with E-state index in [4.69, 9.17) is 18.0 Å². The molecule has 0 aliphatic heterocycles. The van der Waals surface area contributed by atoms with E-state index in [1.54, 1.807) is 12.1 Å². The van der Waals surface area contributed by atoms with E-state index in [9.17, 15) is 4.79 Å². The molecule has 2 aromatic rings. The van der Waals surface area contributed by atoms with Crippen LogP contribution in [0, 0.1) is 0 Å². The summed E-state index contributed by atoms with van der Waals surface area (Å²) in [6.07, 6.45) is 0.491. The highest BCUT2D eigenvalue weighted by atomic mass is 32.1. The third kappa shape index (κ3) is 4.34. The van der Waals surface area contributed by atoms with Crippen molar-refractivity contribution in [1.82, 2.24) is 4.98 Å². The largest absolute Gasteiger partial charge is 0.393 e. The molecule has 4 nitrogen and oxygen atoms in total. The number of anilines is 1. The van der Waals surface area contributed by atoms with Gasteiger partial charge in [-0.1, -0.05) is 38.2 Å². The highest BCUT2D eigenvalue weighted by molar-refractivity contribution is 7.80. The number of hydrogen-bond acceptors (Lipinski definition) is 4. The second kappa shape index (κ2) is 6.78. The minimum atomic E-state index is -0.176. The Morgan fingerprint density at radius 3 is 2.86 bits per heavy atom. The first-order valence-electron chi connectivity index (χ1n) is 6.59. The Balaban J connectivity index is 2.10. The molecule has 0 fully saturated rings. The van der Waals surface area contributed by atoms with Gasteiger partial charge in [0.2, 0.25) is 0 Å². The molecule has 110 valence electrons. The van der Waals surface area contributed by atoms with Crippen LogP contribution in [0.3, 0.4) is 0 Å². The van der Waals surface area contributed by atoms with Gasteiger partial charge in [-0.25, -0.2) is 4.98 Å². The minimum absolute atomic E-state index is 0.176. The third-order valence-corrected chi connectivity index (χ3v) is 3.82. The average Bonchev–Trinajstić information content (AvgIpc) is 2.87. The number of nitrogens with zero attached hydrogens (tertiary/aromatic N) is 1. The zero-order valence-corrected chi connectivity index (χ0v) is 13.6. The molecule has 0 saturated heterocycles. The number of aromatic nitrogens is 1. The summed E-state index contributed by atoms with van der Waals surface area (Å²) in [6, 6.07) is 7.28. The zero-order chi connectivity index (χ0) is 15.4. The number of rotatable bonds is 5. The van der Waals surface area contributed by atoms with Crippen LogP contribution in [0.5, 0.6) is 0 Å². The van der Waals surface area contributed by atoms with Crippen LogP contribution in [-0.4, -0.2) is 15.9 Å². The maximum Gasteiger partial charge on any atom is 0.257 e. The summed E-state index contributed by atoms with van der Waals surface area (Å²) in [5.41, 5.74) is 8.01. The molecule has 0 atom stereocenters. The summed E-state index contributed by atoms with van der Waals surface area (Å²) < 4.78 is 0. The van der Waals surface area contributed by atoms with Crippen molar-refractivity contribution >= 4 is 39.6 Å². The van der Waals surface area contributed by atoms with E-state index in [1.165, 1.54) is 11.3 Å². The normalized spacial score (nSPS) is 10.6. The van der Waals surface area contributed by atoms with Gasteiger partial charge in [0, 0.05) is 17.4 Å². The van der Waals surface area contributed by atoms with Gasteiger partial charge in [-0.15, -0.1) is 11.3 Å². The number of hydrogen-bond donors (Lipinski definition) is 2. The van der Waals surface area contributed by atoms with Gasteiger partial charge in [0.25, 0.3) is 5.91 Å². The molecular formula is C15H17N3OS2. The van der Waals surface area contributed by atoms with Crippen LogP contribution in [0.1, 0.15) is 41.4 Å². The van der Waals surface area contributed by atoms with Crippen molar-refractivity contribution in [3.05, 3.63) is 46.5 Å². The molecule has 21 heavy (non-hydrogen) atoms. The Labute approximate surface area is 133 Å². The lowest BCUT2D eigenvalue weighted by molar-refractivity contribution is 0.102. The predicted molar refractivity (Wildman–Crippen MR) is 91.1 cm³/mol. The second-order valence-corrected chi connectivity index (χ2v) is 6.41. The molecule has 1 amide bonds. The lowest BCUT2D eigenvalue weighted by atomic mass is 10.1. The molecule has 3 N–H and O–H groups in total. The Kier molecular flexibility index (Phi) is 5.03. The van der Waals surface area contributed by atoms with Crippen molar-refractivity contribution in [1.29, 1.82) is 0 Å². The number of carbonyl (C=O) groups excluding carboxylic acids is 1. The molecule has 0 spiro atoms. The Hall–Kier alpha value is -1.79. The van der Waals surface area contributed by atoms with Crippen molar-refractivity contribution < 1.29 is 4.79 Å². The lowest BCUT2D eigenvalue weighted by Gasteiger charge is -2.05. The maximum absolute atomic E-state index is 12.2. The fourth-order valence-electron chi connectivity index (χ4n) is 1.80. The molecular weight excluding hydrogens is 302 g/mol. The summed E-state index contributed by atoms with van der Waals surface area (Å²) >= 11 is 6.32. The van der Waals surface area contributed by atoms with Crippen LogP contribution >= 0.6 is 23.6 Å². The molecule has 2 rings (SSSR count). The standard InChI is InChI=1S/C15H17N3OS2/c1-9(2)12-8-21-15(17-12)18-14(19)11-5-3-4-10(6-11)7-13(16)20/h3-6,8-9H,7H2,1-2H3,(H2,16,20)(H,17,18,19). The third-order valence-electron chi connectivity index (χ3n) is 2.90. The molecule has 1 heterocycles. The number of nitrogens with two attached hydrogens (primary N) is 1. The fraction of sp³-hybridized carbons (Fsp3) is 0.267. The zero-order valence-electron chi connectivity index (χ0n) is 11.9. The van der Waals surface area contributed by atoms with Crippen LogP contribution in [0.25, 0.3) is 0 Å². The lowest BCUT2D eigenvalue weighted by Crippen LogP contribution is -2.14. The summed E-state index contributed by atoms with van der Waals surface area (Å²) in [4.78, 5) is 17.0. The number of nitrogens with one attached hydrogen (secondary N) is 1. The van der Waals surface area contributed by atoms with E-state index in [-0.39, 0.29) is 5.91 Å². The van der Waals surface area contributed by atoms with Crippen molar-refractivity contribution in [3.8, 4) is 0 Å². The van der Waals surface area contributed by atoms with E-state index in [2.05, 4.69) is 24.1 Å². The molecule has 0 aliphatic rings. The molecule has 0 radical (unpaired) electrons. The Morgan fingerprint density at radius 2 is 2.24 bits per heavy atom. The Morgan fingerprint density at radius 1 is 1.48 bits per heavy atom. The fourth-order valence-corrected chi connectivity index (χ4v) is 2.84. The molecule has 0 saturated carbocycles. The first-order valence-corrected chi connectivity index (χ1v) is 7.88. The van der Waals surface area contributed by atoms with E-state index >= 15 is 0 Å². The smallest absolute Gasteiger partial charge is 0.257 e. The highest BCUT2D eigenvalue weighted by Crippen LogP contribution is 2.22.